The lowest BCUT2D eigenvalue weighted by Gasteiger charge is -2.19. The van der Waals surface area contributed by atoms with Gasteiger partial charge in [-0.05, 0) is 43.3 Å². The number of rotatable bonds is 7. The molecule has 7 heteroatoms. The molecule has 0 unspecified atom stereocenters. The van der Waals surface area contributed by atoms with Crippen LogP contribution in [0.2, 0.25) is 0 Å². The lowest BCUT2D eigenvalue weighted by Crippen LogP contribution is -2.17. The second-order valence-electron chi connectivity index (χ2n) is 5.44. The van der Waals surface area contributed by atoms with E-state index in [1.54, 1.807) is 30.3 Å². The molecule has 0 fully saturated rings. The zero-order chi connectivity index (χ0) is 18.4. The van der Waals surface area contributed by atoms with Crippen molar-refractivity contribution in [3.05, 3.63) is 46.4 Å². The number of fused-ring (bicyclic) bond motifs is 1. The average molecular weight is 423 g/mol. The molecule has 0 saturated carbocycles. The van der Waals surface area contributed by atoms with E-state index in [4.69, 9.17) is 23.7 Å². The van der Waals surface area contributed by atoms with Gasteiger partial charge < -0.3 is 23.7 Å². The smallest absolute Gasteiger partial charge is 0.344 e. The summed E-state index contributed by atoms with van der Waals surface area (Å²) in [6.07, 6.45) is 0. The van der Waals surface area contributed by atoms with E-state index in [9.17, 15) is 4.79 Å². The normalized spacial score (nSPS) is 12.4. The van der Waals surface area contributed by atoms with Crippen LogP contribution in [0.3, 0.4) is 0 Å². The summed E-state index contributed by atoms with van der Waals surface area (Å²) in [5, 5.41) is 0. The third-order valence-electron chi connectivity index (χ3n) is 3.59. The molecule has 0 atom stereocenters. The van der Waals surface area contributed by atoms with Crippen LogP contribution in [0.15, 0.2) is 40.9 Å². The number of benzene rings is 2. The van der Waals surface area contributed by atoms with Gasteiger partial charge in [-0.1, -0.05) is 15.9 Å². The molecule has 0 bridgehead atoms. The second kappa shape index (κ2) is 8.80. The Labute approximate surface area is 160 Å². The first-order chi connectivity index (χ1) is 12.7. The van der Waals surface area contributed by atoms with E-state index in [2.05, 4.69) is 15.9 Å². The SMILES string of the molecule is CCOc1ccc(OCC(=O)OCc2cc3c(cc2Br)OCCO3)cc1. The van der Waals surface area contributed by atoms with Gasteiger partial charge in [0.1, 0.15) is 31.3 Å². The summed E-state index contributed by atoms with van der Waals surface area (Å²) in [7, 11) is 0. The molecule has 26 heavy (non-hydrogen) atoms. The minimum Gasteiger partial charge on any atom is -0.494 e. The number of esters is 1. The minimum atomic E-state index is -0.458. The molecule has 0 N–H and O–H groups in total. The molecule has 0 amide bonds. The fourth-order valence-corrected chi connectivity index (χ4v) is 2.79. The van der Waals surface area contributed by atoms with Crippen LogP contribution in [0, 0.1) is 0 Å². The number of ether oxygens (including phenoxy) is 5. The quantitative estimate of drug-likeness (QED) is 0.633. The molecule has 2 aromatic carbocycles. The lowest BCUT2D eigenvalue weighted by molar-refractivity contribution is -0.147. The van der Waals surface area contributed by atoms with Crippen molar-refractivity contribution < 1.29 is 28.5 Å². The predicted molar refractivity (Wildman–Crippen MR) is 98.0 cm³/mol. The predicted octanol–water partition coefficient (Wildman–Crippen LogP) is 3.74. The Balaban J connectivity index is 1.49. The van der Waals surface area contributed by atoms with Crippen LogP contribution in [-0.4, -0.2) is 32.4 Å². The molecule has 0 aliphatic carbocycles. The molecule has 0 spiro atoms. The Morgan fingerprint density at radius 3 is 2.31 bits per heavy atom. The number of hydrogen-bond donors (Lipinski definition) is 0. The molecule has 2 aromatic rings. The third-order valence-corrected chi connectivity index (χ3v) is 4.33. The Bertz CT molecular complexity index is 759. The molecule has 0 radical (unpaired) electrons. The van der Waals surface area contributed by atoms with Crippen LogP contribution in [-0.2, 0) is 16.1 Å². The molecule has 6 nitrogen and oxygen atoms in total. The van der Waals surface area contributed by atoms with Gasteiger partial charge in [-0.15, -0.1) is 0 Å². The van der Waals surface area contributed by atoms with E-state index in [-0.39, 0.29) is 13.2 Å². The zero-order valence-corrected chi connectivity index (χ0v) is 15.9. The highest BCUT2D eigenvalue weighted by Gasteiger charge is 2.16. The summed E-state index contributed by atoms with van der Waals surface area (Å²) in [4.78, 5) is 11.9. The van der Waals surface area contributed by atoms with Crippen molar-refractivity contribution in [3.63, 3.8) is 0 Å². The Kier molecular flexibility index (Phi) is 6.22. The number of hydrogen-bond acceptors (Lipinski definition) is 6. The van der Waals surface area contributed by atoms with E-state index in [1.807, 2.05) is 13.0 Å². The van der Waals surface area contributed by atoms with Gasteiger partial charge in [-0.3, -0.25) is 0 Å². The summed E-state index contributed by atoms with van der Waals surface area (Å²) >= 11 is 3.45. The second-order valence-corrected chi connectivity index (χ2v) is 6.30. The molecule has 1 heterocycles. The van der Waals surface area contributed by atoms with Crippen LogP contribution in [0.4, 0.5) is 0 Å². The first-order valence-corrected chi connectivity index (χ1v) is 9.04. The summed E-state index contributed by atoms with van der Waals surface area (Å²) in [6.45, 7) is 3.49. The largest absolute Gasteiger partial charge is 0.494 e. The van der Waals surface area contributed by atoms with Crippen molar-refractivity contribution >= 4 is 21.9 Å². The molecule has 1 aliphatic heterocycles. The summed E-state index contributed by atoms with van der Waals surface area (Å²) in [5.74, 6) is 2.20. The van der Waals surface area contributed by atoms with Gasteiger partial charge in [0.05, 0.1) is 6.61 Å². The molecular weight excluding hydrogens is 404 g/mol. The lowest BCUT2D eigenvalue weighted by atomic mass is 10.2. The number of halogens is 1. The monoisotopic (exact) mass is 422 g/mol. The first-order valence-electron chi connectivity index (χ1n) is 8.25. The molecule has 0 saturated heterocycles. The maximum atomic E-state index is 11.9. The topological polar surface area (TPSA) is 63.2 Å². The van der Waals surface area contributed by atoms with Gasteiger partial charge in [0, 0.05) is 10.0 Å². The van der Waals surface area contributed by atoms with Crippen LogP contribution >= 0.6 is 15.9 Å². The van der Waals surface area contributed by atoms with Crippen molar-refractivity contribution in [2.75, 3.05) is 26.4 Å². The van der Waals surface area contributed by atoms with Crippen LogP contribution in [0.25, 0.3) is 0 Å². The van der Waals surface area contributed by atoms with E-state index < -0.39 is 5.97 Å². The van der Waals surface area contributed by atoms with Gasteiger partial charge in [0.25, 0.3) is 0 Å². The van der Waals surface area contributed by atoms with Crippen LogP contribution in [0.1, 0.15) is 12.5 Å². The van der Waals surface area contributed by atoms with E-state index in [1.165, 1.54) is 0 Å². The fraction of sp³-hybridized carbons (Fsp3) is 0.316. The van der Waals surface area contributed by atoms with E-state index in [0.717, 1.165) is 15.8 Å². The van der Waals surface area contributed by atoms with Gasteiger partial charge in [-0.25, -0.2) is 4.79 Å². The van der Waals surface area contributed by atoms with Gasteiger partial charge in [0.2, 0.25) is 0 Å². The van der Waals surface area contributed by atoms with Crippen molar-refractivity contribution in [1.82, 2.24) is 0 Å². The van der Waals surface area contributed by atoms with E-state index in [0.29, 0.717) is 37.1 Å². The summed E-state index contributed by atoms with van der Waals surface area (Å²) in [6, 6.07) is 10.7. The number of carbonyl (C=O) groups is 1. The van der Waals surface area contributed by atoms with Gasteiger partial charge >= 0.3 is 5.97 Å². The highest BCUT2D eigenvalue weighted by molar-refractivity contribution is 9.10. The molecule has 1 aliphatic rings. The third kappa shape index (κ3) is 4.82. The standard InChI is InChI=1S/C19H19BrO6/c1-2-22-14-3-5-15(6-4-14)25-12-19(21)26-11-13-9-17-18(10-16(13)20)24-8-7-23-17/h3-6,9-10H,2,7-8,11-12H2,1H3. The zero-order valence-electron chi connectivity index (χ0n) is 14.3. The highest BCUT2D eigenvalue weighted by Crippen LogP contribution is 2.35. The Morgan fingerprint density at radius 2 is 1.65 bits per heavy atom. The van der Waals surface area contributed by atoms with Crippen molar-refractivity contribution in [2.24, 2.45) is 0 Å². The molecular formula is C19H19BrO6. The van der Waals surface area contributed by atoms with Crippen molar-refractivity contribution in [3.8, 4) is 23.0 Å². The van der Waals surface area contributed by atoms with E-state index >= 15 is 0 Å². The molecule has 3 rings (SSSR count). The van der Waals surface area contributed by atoms with Crippen LogP contribution in [0.5, 0.6) is 23.0 Å². The highest BCUT2D eigenvalue weighted by atomic mass is 79.9. The summed E-state index contributed by atoms with van der Waals surface area (Å²) < 4.78 is 27.9. The first kappa shape index (κ1) is 18.4. The van der Waals surface area contributed by atoms with Crippen molar-refractivity contribution in [2.45, 2.75) is 13.5 Å². The average Bonchev–Trinajstić information content (AvgIpc) is 2.66. The fourth-order valence-electron chi connectivity index (χ4n) is 2.36. The van der Waals surface area contributed by atoms with Crippen molar-refractivity contribution in [1.29, 1.82) is 0 Å². The molecule has 138 valence electrons. The summed E-state index contributed by atoms with van der Waals surface area (Å²) in [5.41, 5.74) is 0.795. The minimum absolute atomic E-state index is 0.114. The van der Waals surface area contributed by atoms with Crippen LogP contribution < -0.4 is 18.9 Å². The number of carbonyl (C=O) groups excluding carboxylic acids is 1. The van der Waals surface area contributed by atoms with Gasteiger partial charge in [-0.2, -0.15) is 0 Å². The Morgan fingerprint density at radius 1 is 1.04 bits per heavy atom. The maximum Gasteiger partial charge on any atom is 0.344 e. The molecule has 0 aromatic heterocycles. The van der Waals surface area contributed by atoms with Gasteiger partial charge in [0.15, 0.2) is 18.1 Å². The Hall–Kier alpha value is -2.41. The maximum absolute atomic E-state index is 11.9.